The number of aromatic nitrogens is 4. The Morgan fingerprint density at radius 2 is 1.94 bits per heavy atom. The number of hydrogen-bond acceptors (Lipinski definition) is 6. The van der Waals surface area contributed by atoms with Gasteiger partial charge in [0.15, 0.2) is 17.5 Å². The summed E-state index contributed by atoms with van der Waals surface area (Å²) in [5.74, 6) is -1.02. The number of rotatable bonds is 9. The highest BCUT2D eigenvalue weighted by Gasteiger charge is 2.24. The molecule has 2 aromatic heterocycles. The van der Waals surface area contributed by atoms with Crippen LogP contribution >= 0.6 is 11.6 Å². The Labute approximate surface area is 192 Å². The van der Waals surface area contributed by atoms with Crippen molar-refractivity contribution in [1.82, 2.24) is 19.3 Å². The highest BCUT2D eigenvalue weighted by atomic mass is 35.5. The van der Waals surface area contributed by atoms with Crippen LogP contribution in [0.5, 0.6) is 0 Å². The molecule has 33 heavy (non-hydrogen) atoms. The van der Waals surface area contributed by atoms with Crippen LogP contribution in [0.4, 0.5) is 14.6 Å². The Morgan fingerprint density at radius 1 is 1.15 bits per heavy atom. The first-order valence-corrected chi connectivity index (χ1v) is 11.1. The molecule has 0 aliphatic carbocycles. The van der Waals surface area contributed by atoms with Crippen LogP contribution in [0, 0.1) is 11.6 Å². The number of benzene rings is 1. The van der Waals surface area contributed by atoms with Gasteiger partial charge in [-0.1, -0.05) is 42.2 Å². The first kappa shape index (κ1) is 23.0. The summed E-state index contributed by atoms with van der Waals surface area (Å²) in [6.07, 6.45) is 2.57. The third-order valence-corrected chi connectivity index (χ3v) is 5.66. The van der Waals surface area contributed by atoms with Crippen molar-refractivity contribution < 1.29 is 13.3 Å². The molecule has 0 bridgehead atoms. The van der Waals surface area contributed by atoms with Crippen molar-refractivity contribution in [2.75, 3.05) is 0 Å². The zero-order valence-electron chi connectivity index (χ0n) is 18.0. The molecule has 8 nitrogen and oxygen atoms in total. The van der Waals surface area contributed by atoms with Crippen LogP contribution in [-0.4, -0.2) is 24.4 Å². The van der Waals surface area contributed by atoms with Crippen molar-refractivity contribution in [1.29, 1.82) is 0 Å². The van der Waals surface area contributed by atoms with Gasteiger partial charge in [-0.15, -0.1) is 0 Å². The van der Waals surface area contributed by atoms with E-state index in [0.717, 1.165) is 18.9 Å². The fourth-order valence-corrected chi connectivity index (χ4v) is 3.96. The number of nitrogens with zero attached hydrogens (tertiary/aromatic N) is 5. The van der Waals surface area contributed by atoms with Gasteiger partial charge in [0.2, 0.25) is 5.89 Å². The lowest BCUT2D eigenvalue weighted by Gasteiger charge is -2.13. The molecule has 0 unspecified atom stereocenters. The van der Waals surface area contributed by atoms with Crippen LogP contribution in [0.2, 0.25) is 0 Å². The first-order chi connectivity index (χ1) is 15.9. The van der Waals surface area contributed by atoms with Gasteiger partial charge in [-0.2, -0.15) is 4.98 Å². The van der Waals surface area contributed by atoms with Crippen LogP contribution < -0.4 is 11.2 Å². The molecule has 0 atom stereocenters. The van der Waals surface area contributed by atoms with E-state index in [1.165, 1.54) is 21.3 Å². The topological polar surface area (TPSA) is 95.3 Å². The molecular weight excluding hydrogens is 456 g/mol. The molecular formula is C22H22ClF2N5O3. The fourth-order valence-electron chi connectivity index (χ4n) is 3.75. The number of fused-ring (bicyclic) bond motifs is 1. The van der Waals surface area contributed by atoms with Gasteiger partial charge in [0.1, 0.15) is 11.0 Å². The lowest BCUT2D eigenvalue weighted by molar-refractivity contribution is 0.366. The van der Waals surface area contributed by atoms with Crippen molar-refractivity contribution in [2.45, 2.75) is 58.5 Å². The van der Waals surface area contributed by atoms with E-state index in [1.54, 1.807) is 0 Å². The number of hydrogen-bond donors (Lipinski definition) is 0. The smallest absolute Gasteiger partial charge is 0.332 e. The zero-order chi connectivity index (χ0) is 23.5. The van der Waals surface area contributed by atoms with Gasteiger partial charge in [0.05, 0.1) is 5.56 Å². The van der Waals surface area contributed by atoms with E-state index in [-0.39, 0.29) is 41.8 Å². The van der Waals surface area contributed by atoms with Crippen molar-refractivity contribution in [3.63, 3.8) is 0 Å². The summed E-state index contributed by atoms with van der Waals surface area (Å²) in [6, 6.07) is 3.90. The van der Waals surface area contributed by atoms with Crippen molar-refractivity contribution in [3.05, 3.63) is 73.5 Å². The summed E-state index contributed by atoms with van der Waals surface area (Å²) in [4.78, 5) is 34.2. The SMILES string of the molecule is CCCCn1c2c(c(=O)n(CCCc3nc(Cc4cccc(F)c4F)no3)c1=O)CC(Cl)=N2. The molecule has 1 aliphatic heterocycles. The normalized spacial score (nSPS) is 12.8. The predicted molar refractivity (Wildman–Crippen MR) is 118 cm³/mol. The maximum absolute atomic E-state index is 13.8. The molecule has 0 spiro atoms. The van der Waals surface area contributed by atoms with Crippen LogP contribution in [0.1, 0.15) is 49.0 Å². The molecule has 0 amide bonds. The van der Waals surface area contributed by atoms with E-state index in [9.17, 15) is 18.4 Å². The molecule has 0 saturated carbocycles. The maximum atomic E-state index is 13.8. The minimum Gasteiger partial charge on any atom is -0.339 e. The highest BCUT2D eigenvalue weighted by molar-refractivity contribution is 6.66. The molecule has 4 rings (SSSR count). The Hall–Kier alpha value is -3.14. The number of unbranched alkanes of at least 4 members (excludes halogenated alkanes) is 1. The number of aryl methyl sites for hydroxylation is 1. The summed E-state index contributed by atoms with van der Waals surface area (Å²) < 4.78 is 35.1. The van der Waals surface area contributed by atoms with E-state index in [4.69, 9.17) is 16.1 Å². The van der Waals surface area contributed by atoms with Gasteiger partial charge in [-0.25, -0.2) is 18.6 Å². The molecule has 3 heterocycles. The molecule has 1 aromatic carbocycles. The molecule has 11 heteroatoms. The van der Waals surface area contributed by atoms with Gasteiger partial charge >= 0.3 is 5.69 Å². The van der Waals surface area contributed by atoms with E-state index in [0.29, 0.717) is 30.8 Å². The van der Waals surface area contributed by atoms with Crippen LogP contribution in [0.3, 0.4) is 0 Å². The Kier molecular flexibility index (Phi) is 6.83. The van der Waals surface area contributed by atoms with Crippen LogP contribution in [0.15, 0.2) is 37.3 Å². The Bertz CT molecular complexity index is 1330. The average Bonchev–Trinajstić information content (AvgIpc) is 3.40. The standard InChI is InChI=1S/C22H22ClF2N5O3/c1-2-3-9-29-20-14(12-16(23)26-20)21(31)30(22(29)32)10-5-8-18-27-17(28-33-18)11-13-6-4-7-15(24)19(13)25/h4,6-7H,2-3,5,8-12H2,1H3. The third kappa shape index (κ3) is 4.80. The molecule has 3 aromatic rings. The van der Waals surface area contributed by atoms with Gasteiger partial charge in [-0.05, 0) is 24.5 Å². The average molecular weight is 478 g/mol. The van der Waals surface area contributed by atoms with E-state index in [1.807, 2.05) is 6.92 Å². The summed E-state index contributed by atoms with van der Waals surface area (Å²) in [5, 5.41) is 4.10. The quantitative estimate of drug-likeness (QED) is 0.470. The predicted octanol–water partition coefficient (Wildman–Crippen LogP) is 3.52. The van der Waals surface area contributed by atoms with E-state index >= 15 is 0 Å². The largest absolute Gasteiger partial charge is 0.339 e. The highest BCUT2D eigenvalue weighted by Crippen LogP contribution is 2.24. The molecule has 174 valence electrons. The van der Waals surface area contributed by atoms with Crippen molar-refractivity contribution >= 4 is 22.6 Å². The van der Waals surface area contributed by atoms with Crippen LogP contribution in [-0.2, 0) is 32.4 Å². The Balaban J connectivity index is 1.46. The zero-order valence-corrected chi connectivity index (χ0v) is 18.7. The minimum atomic E-state index is -0.941. The maximum Gasteiger partial charge on any atom is 0.332 e. The fraction of sp³-hybridized carbons (Fsp3) is 0.409. The van der Waals surface area contributed by atoms with E-state index < -0.39 is 22.9 Å². The summed E-state index contributed by atoms with van der Waals surface area (Å²) in [7, 11) is 0. The monoisotopic (exact) mass is 477 g/mol. The second kappa shape index (κ2) is 9.78. The van der Waals surface area contributed by atoms with Crippen molar-refractivity contribution in [2.24, 2.45) is 4.99 Å². The van der Waals surface area contributed by atoms with Gasteiger partial charge in [0, 0.05) is 32.4 Å². The third-order valence-electron chi connectivity index (χ3n) is 5.44. The lowest BCUT2D eigenvalue weighted by atomic mass is 10.1. The molecule has 1 aliphatic rings. The molecule has 0 saturated heterocycles. The first-order valence-electron chi connectivity index (χ1n) is 10.7. The van der Waals surface area contributed by atoms with Gasteiger partial charge in [-0.3, -0.25) is 13.9 Å². The molecule has 0 N–H and O–H groups in total. The van der Waals surface area contributed by atoms with Crippen LogP contribution in [0.25, 0.3) is 0 Å². The molecule has 0 fully saturated rings. The van der Waals surface area contributed by atoms with Gasteiger partial charge in [0.25, 0.3) is 5.56 Å². The second-order valence-corrected chi connectivity index (χ2v) is 8.25. The molecule has 0 radical (unpaired) electrons. The van der Waals surface area contributed by atoms with E-state index in [2.05, 4.69) is 15.1 Å². The second-order valence-electron chi connectivity index (χ2n) is 7.81. The lowest BCUT2D eigenvalue weighted by Crippen LogP contribution is -2.41. The number of halogens is 3. The number of aliphatic imine (C=N–C) groups is 1. The van der Waals surface area contributed by atoms with Gasteiger partial charge < -0.3 is 4.52 Å². The Morgan fingerprint density at radius 3 is 2.73 bits per heavy atom. The summed E-state index contributed by atoms with van der Waals surface area (Å²) in [6.45, 7) is 2.62. The summed E-state index contributed by atoms with van der Waals surface area (Å²) in [5.41, 5.74) is -0.265. The minimum absolute atomic E-state index is 0.0136. The summed E-state index contributed by atoms with van der Waals surface area (Å²) >= 11 is 6.04. The van der Waals surface area contributed by atoms with Crippen molar-refractivity contribution in [3.8, 4) is 0 Å².